The first-order chi connectivity index (χ1) is 7.50. The van der Waals surface area contributed by atoms with Gasteiger partial charge in [0.25, 0.3) is 0 Å². The van der Waals surface area contributed by atoms with Crippen LogP contribution >= 0.6 is 27.5 Å². The zero-order valence-corrected chi connectivity index (χ0v) is 10.0. The van der Waals surface area contributed by atoms with E-state index < -0.39 is 17.8 Å². The van der Waals surface area contributed by atoms with Gasteiger partial charge in [-0.3, -0.25) is 14.9 Å². The fourth-order valence-corrected chi connectivity index (χ4v) is 1.87. The molecule has 5 nitrogen and oxygen atoms in total. The minimum absolute atomic E-state index is 0.237. The Balaban J connectivity index is 2.52. The Hall–Kier alpha value is -1.40. The molecule has 0 saturated carbocycles. The van der Waals surface area contributed by atoms with E-state index in [0.717, 1.165) is 4.90 Å². The lowest BCUT2D eigenvalue weighted by Crippen LogP contribution is -2.31. The number of benzene rings is 1. The number of amides is 4. The molecule has 1 heterocycles. The molecule has 4 amide bonds. The second-order valence-electron chi connectivity index (χ2n) is 3.00. The van der Waals surface area contributed by atoms with Gasteiger partial charge in [-0.05, 0) is 34.1 Å². The maximum atomic E-state index is 11.4. The lowest BCUT2D eigenvalue weighted by atomic mass is 10.3. The lowest BCUT2D eigenvalue weighted by molar-refractivity contribution is -0.134. The van der Waals surface area contributed by atoms with Gasteiger partial charge in [0.1, 0.15) is 0 Å². The average molecular weight is 303 g/mol. The number of carbonyl (C=O) groups excluding carboxylic acids is 3. The lowest BCUT2D eigenvalue weighted by Gasteiger charge is -2.13. The van der Waals surface area contributed by atoms with E-state index in [1.54, 1.807) is 12.1 Å². The third kappa shape index (κ3) is 1.70. The number of rotatable bonds is 1. The molecule has 0 atom stereocenters. The van der Waals surface area contributed by atoms with Crippen LogP contribution in [0.5, 0.6) is 0 Å². The van der Waals surface area contributed by atoms with E-state index >= 15 is 0 Å². The van der Waals surface area contributed by atoms with Crippen LogP contribution in [0.1, 0.15) is 0 Å². The maximum Gasteiger partial charge on any atom is 0.336 e. The first-order valence-corrected chi connectivity index (χ1v) is 5.32. The van der Waals surface area contributed by atoms with E-state index in [2.05, 4.69) is 15.9 Å². The van der Waals surface area contributed by atoms with E-state index in [0.29, 0.717) is 9.50 Å². The monoisotopic (exact) mass is 302 g/mol. The van der Waals surface area contributed by atoms with Crippen LogP contribution in [0.3, 0.4) is 0 Å². The van der Waals surface area contributed by atoms with Crippen LogP contribution in [-0.4, -0.2) is 17.8 Å². The van der Waals surface area contributed by atoms with Gasteiger partial charge in [-0.2, -0.15) is 0 Å². The Morgan fingerprint density at radius 3 is 2.50 bits per heavy atom. The molecule has 1 fully saturated rings. The van der Waals surface area contributed by atoms with Crippen molar-refractivity contribution in [3.8, 4) is 0 Å². The molecule has 0 aliphatic carbocycles. The van der Waals surface area contributed by atoms with Crippen molar-refractivity contribution in [2.75, 3.05) is 4.90 Å². The van der Waals surface area contributed by atoms with Crippen LogP contribution in [0.2, 0.25) is 5.02 Å². The molecule has 7 heteroatoms. The Bertz CT molecular complexity index is 517. The molecule has 82 valence electrons. The van der Waals surface area contributed by atoms with Gasteiger partial charge >= 0.3 is 17.8 Å². The molecular formula is C9H4BrClN2O3. The van der Waals surface area contributed by atoms with Crippen molar-refractivity contribution in [1.29, 1.82) is 0 Å². The Morgan fingerprint density at radius 1 is 1.25 bits per heavy atom. The number of anilines is 1. The van der Waals surface area contributed by atoms with E-state index in [4.69, 9.17) is 11.6 Å². The highest BCUT2D eigenvalue weighted by Gasteiger charge is 2.38. The van der Waals surface area contributed by atoms with Crippen molar-refractivity contribution in [2.24, 2.45) is 0 Å². The van der Waals surface area contributed by atoms with Crippen molar-refractivity contribution in [3.05, 3.63) is 27.7 Å². The molecule has 1 saturated heterocycles. The fourth-order valence-electron chi connectivity index (χ4n) is 1.28. The summed E-state index contributed by atoms with van der Waals surface area (Å²) in [5.41, 5.74) is 0.237. The normalized spacial score (nSPS) is 15.6. The standard InChI is InChI=1S/C9H4BrClN2O3/c10-5-2-1-4(11)3-6(5)13-8(15)7(14)12-9(13)16/h1-3H,(H,12,14,16). The van der Waals surface area contributed by atoms with Gasteiger partial charge in [0.2, 0.25) is 0 Å². The number of nitrogens with one attached hydrogen (secondary N) is 1. The summed E-state index contributed by atoms with van der Waals surface area (Å²) in [5, 5.41) is 2.26. The van der Waals surface area contributed by atoms with Gasteiger partial charge in [0, 0.05) is 9.50 Å². The Labute approximate surface area is 103 Å². The van der Waals surface area contributed by atoms with Crippen LogP contribution in [0.15, 0.2) is 22.7 Å². The molecule has 0 unspecified atom stereocenters. The van der Waals surface area contributed by atoms with Crippen molar-refractivity contribution in [3.63, 3.8) is 0 Å². The van der Waals surface area contributed by atoms with Gasteiger partial charge in [-0.25, -0.2) is 9.69 Å². The number of carbonyl (C=O) groups is 3. The topological polar surface area (TPSA) is 66.5 Å². The summed E-state index contributed by atoms with van der Waals surface area (Å²) in [5.74, 6) is -1.87. The quantitative estimate of drug-likeness (QED) is 0.634. The summed E-state index contributed by atoms with van der Waals surface area (Å²) < 4.78 is 0.495. The fraction of sp³-hybridized carbons (Fsp3) is 0. The van der Waals surface area contributed by atoms with Gasteiger partial charge in [0.15, 0.2) is 0 Å². The number of imide groups is 2. The number of urea groups is 1. The second-order valence-corrected chi connectivity index (χ2v) is 4.29. The number of hydrogen-bond acceptors (Lipinski definition) is 3. The highest BCUT2D eigenvalue weighted by Crippen LogP contribution is 2.30. The summed E-state index contributed by atoms with van der Waals surface area (Å²) in [4.78, 5) is 34.5. The minimum atomic E-state index is -0.947. The average Bonchev–Trinajstić information content (AvgIpc) is 2.46. The predicted molar refractivity (Wildman–Crippen MR) is 60.2 cm³/mol. The molecule has 1 aliphatic rings. The van der Waals surface area contributed by atoms with Crippen molar-refractivity contribution in [1.82, 2.24) is 5.32 Å². The zero-order valence-electron chi connectivity index (χ0n) is 7.66. The van der Waals surface area contributed by atoms with E-state index in [1.807, 2.05) is 5.32 Å². The Kier molecular flexibility index (Phi) is 2.69. The molecule has 1 aromatic carbocycles. The van der Waals surface area contributed by atoms with Crippen LogP contribution in [0.4, 0.5) is 10.5 Å². The third-order valence-corrected chi connectivity index (χ3v) is 2.88. The highest BCUT2D eigenvalue weighted by molar-refractivity contribution is 9.10. The van der Waals surface area contributed by atoms with Crippen LogP contribution in [0.25, 0.3) is 0 Å². The molecule has 1 N–H and O–H groups in total. The first-order valence-electron chi connectivity index (χ1n) is 4.15. The van der Waals surface area contributed by atoms with Crippen LogP contribution < -0.4 is 10.2 Å². The molecule has 0 bridgehead atoms. The second kappa shape index (κ2) is 3.88. The van der Waals surface area contributed by atoms with Crippen LogP contribution in [-0.2, 0) is 9.59 Å². The van der Waals surface area contributed by atoms with E-state index in [-0.39, 0.29) is 5.69 Å². The SMILES string of the molecule is O=C1NC(=O)N(c2cc(Cl)ccc2Br)C1=O. The van der Waals surface area contributed by atoms with Crippen molar-refractivity contribution >= 4 is 51.1 Å². The summed E-state index contributed by atoms with van der Waals surface area (Å²) >= 11 is 8.92. The highest BCUT2D eigenvalue weighted by atomic mass is 79.9. The van der Waals surface area contributed by atoms with Crippen molar-refractivity contribution in [2.45, 2.75) is 0 Å². The van der Waals surface area contributed by atoms with Crippen molar-refractivity contribution < 1.29 is 14.4 Å². The summed E-state index contributed by atoms with van der Waals surface area (Å²) in [6.07, 6.45) is 0. The number of nitrogens with zero attached hydrogens (tertiary/aromatic N) is 1. The molecular weight excluding hydrogens is 299 g/mol. The smallest absolute Gasteiger partial charge is 0.269 e. The van der Waals surface area contributed by atoms with E-state index in [1.165, 1.54) is 6.07 Å². The molecule has 0 radical (unpaired) electrons. The zero-order chi connectivity index (χ0) is 11.9. The molecule has 1 aromatic rings. The van der Waals surface area contributed by atoms with E-state index in [9.17, 15) is 14.4 Å². The molecule has 0 aromatic heterocycles. The van der Waals surface area contributed by atoms with Gasteiger partial charge in [0.05, 0.1) is 5.69 Å². The van der Waals surface area contributed by atoms with Gasteiger partial charge < -0.3 is 0 Å². The predicted octanol–water partition coefficient (Wildman–Crippen LogP) is 1.69. The summed E-state index contributed by atoms with van der Waals surface area (Å²) in [6.45, 7) is 0. The Morgan fingerprint density at radius 2 is 1.94 bits per heavy atom. The van der Waals surface area contributed by atoms with Crippen LogP contribution in [0, 0.1) is 0 Å². The number of halogens is 2. The molecule has 0 spiro atoms. The number of hydrogen-bond donors (Lipinski definition) is 1. The van der Waals surface area contributed by atoms with Gasteiger partial charge in [-0.1, -0.05) is 11.6 Å². The molecule has 1 aliphatic heterocycles. The maximum absolute atomic E-state index is 11.4. The summed E-state index contributed by atoms with van der Waals surface area (Å²) in [6, 6.07) is 3.82. The minimum Gasteiger partial charge on any atom is -0.269 e. The molecule has 2 rings (SSSR count). The van der Waals surface area contributed by atoms with Gasteiger partial charge in [-0.15, -0.1) is 0 Å². The summed E-state index contributed by atoms with van der Waals surface area (Å²) in [7, 11) is 0. The largest absolute Gasteiger partial charge is 0.336 e. The first kappa shape index (κ1) is 11.1. The molecule has 16 heavy (non-hydrogen) atoms. The third-order valence-electron chi connectivity index (χ3n) is 1.97.